The second-order valence-electron chi connectivity index (χ2n) is 5.29. The van der Waals surface area contributed by atoms with Crippen molar-refractivity contribution in [2.24, 2.45) is 0 Å². The van der Waals surface area contributed by atoms with Crippen LogP contribution in [0.15, 0.2) is 0 Å². The standard InChI is InChI=1S/C13H26N2/c1-3-14-12-6-8-13(9-7-12)15-10-4-5-11(15)2/h11-14H,3-10H2,1-2H3. The Balaban J connectivity index is 1.77. The summed E-state index contributed by atoms with van der Waals surface area (Å²) in [5, 5.41) is 3.59. The largest absolute Gasteiger partial charge is 0.314 e. The van der Waals surface area contributed by atoms with Crippen molar-refractivity contribution in [2.45, 2.75) is 70.5 Å². The van der Waals surface area contributed by atoms with Gasteiger partial charge in [-0.25, -0.2) is 0 Å². The van der Waals surface area contributed by atoms with Crippen LogP contribution in [-0.2, 0) is 0 Å². The zero-order chi connectivity index (χ0) is 10.7. The molecule has 1 saturated heterocycles. The Hall–Kier alpha value is -0.0800. The van der Waals surface area contributed by atoms with Gasteiger partial charge in [0.2, 0.25) is 0 Å². The first-order valence-electron chi connectivity index (χ1n) is 6.80. The van der Waals surface area contributed by atoms with Gasteiger partial charge in [0.1, 0.15) is 0 Å². The Morgan fingerprint density at radius 1 is 1.13 bits per heavy atom. The zero-order valence-corrected chi connectivity index (χ0v) is 10.3. The number of rotatable bonds is 3. The molecule has 1 N–H and O–H groups in total. The summed E-state index contributed by atoms with van der Waals surface area (Å²) >= 11 is 0. The minimum absolute atomic E-state index is 0.809. The van der Waals surface area contributed by atoms with Gasteiger partial charge in [0.25, 0.3) is 0 Å². The molecule has 2 nitrogen and oxygen atoms in total. The van der Waals surface area contributed by atoms with E-state index in [1.807, 2.05) is 0 Å². The lowest BCUT2D eigenvalue weighted by Crippen LogP contribution is -2.43. The molecule has 2 heteroatoms. The summed E-state index contributed by atoms with van der Waals surface area (Å²) in [7, 11) is 0. The van der Waals surface area contributed by atoms with Crippen LogP contribution in [0.1, 0.15) is 52.4 Å². The summed E-state index contributed by atoms with van der Waals surface area (Å²) in [4.78, 5) is 2.77. The van der Waals surface area contributed by atoms with Crippen molar-refractivity contribution in [3.63, 3.8) is 0 Å². The Morgan fingerprint density at radius 2 is 1.87 bits per heavy atom. The SMILES string of the molecule is CCNC1CCC(N2CCCC2C)CC1. The lowest BCUT2D eigenvalue weighted by molar-refractivity contribution is 0.138. The molecule has 0 spiro atoms. The number of hydrogen-bond donors (Lipinski definition) is 1. The molecule has 1 aliphatic heterocycles. The van der Waals surface area contributed by atoms with Gasteiger partial charge in [-0.3, -0.25) is 4.90 Å². The highest BCUT2D eigenvalue weighted by Gasteiger charge is 2.30. The van der Waals surface area contributed by atoms with Gasteiger partial charge >= 0.3 is 0 Å². The van der Waals surface area contributed by atoms with Crippen LogP contribution in [-0.4, -0.2) is 36.1 Å². The molecule has 1 unspecified atom stereocenters. The van der Waals surface area contributed by atoms with Crippen LogP contribution in [0.3, 0.4) is 0 Å². The van der Waals surface area contributed by atoms with Crippen LogP contribution >= 0.6 is 0 Å². The molecule has 1 saturated carbocycles. The highest BCUT2D eigenvalue weighted by atomic mass is 15.2. The maximum atomic E-state index is 3.59. The van der Waals surface area contributed by atoms with E-state index < -0.39 is 0 Å². The number of hydrogen-bond acceptors (Lipinski definition) is 2. The van der Waals surface area contributed by atoms with E-state index in [1.165, 1.54) is 45.1 Å². The lowest BCUT2D eigenvalue weighted by atomic mass is 9.90. The highest BCUT2D eigenvalue weighted by molar-refractivity contribution is 4.87. The number of nitrogens with zero attached hydrogens (tertiary/aromatic N) is 1. The van der Waals surface area contributed by atoms with Crippen LogP contribution in [0.4, 0.5) is 0 Å². The van der Waals surface area contributed by atoms with Crippen LogP contribution in [0.25, 0.3) is 0 Å². The third-order valence-electron chi connectivity index (χ3n) is 4.26. The van der Waals surface area contributed by atoms with E-state index in [-0.39, 0.29) is 0 Å². The molecule has 1 atom stereocenters. The molecule has 0 aromatic heterocycles. The van der Waals surface area contributed by atoms with Gasteiger partial charge in [-0.15, -0.1) is 0 Å². The van der Waals surface area contributed by atoms with Crippen LogP contribution in [0.5, 0.6) is 0 Å². The molecule has 2 fully saturated rings. The van der Waals surface area contributed by atoms with Gasteiger partial charge in [-0.1, -0.05) is 6.92 Å². The molecule has 0 radical (unpaired) electrons. The number of likely N-dealkylation sites (tertiary alicyclic amines) is 1. The summed E-state index contributed by atoms with van der Waals surface area (Å²) in [6.45, 7) is 7.12. The van der Waals surface area contributed by atoms with E-state index in [0.717, 1.165) is 24.7 Å². The molecule has 0 amide bonds. The summed E-state index contributed by atoms with van der Waals surface area (Å²) < 4.78 is 0. The maximum Gasteiger partial charge on any atom is 0.00992 e. The molecule has 1 heterocycles. The van der Waals surface area contributed by atoms with Gasteiger partial charge in [-0.2, -0.15) is 0 Å². The van der Waals surface area contributed by atoms with E-state index in [0.29, 0.717) is 0 Å². The first kappa shape index (κ1) is 11.4. The van der Waals surface area contributed by atoms with E-state index in [1.54, 1.807) is 0 Å². The van der Waals surface area contributed by atoms with E-state index >= 15 is 0 Å². The van der Waals surface area contributed by atoms with Crippen molar-refractivity contribution >= 4 is 0 Å². The zero-order valence-electron chi connectivity index (χ0n) is 10.3. The molecule has 1 aliphatic carbocycles. The average molecular weight is 210 g/mol. The lowest BCUT2D eigenvalue weighted by Gasteiger charge is -2.37. The smallest absolute Gasteiger partial charge is 0.00992 e. The molecule has 2 rings (SSSR count). The van der Waals surface area contributed by atoms with E-state index in [2.05, 4.69) is 24.1 Å². The van der Waals surface area contributed by atoms with Gasteiger partial charge in [0, 0.05) is 18.1 Å². The monoisotopic (exact) mass is 210 g/mol. The molecular weight excluding hydrogens is 184 g/mol. The van der Waals surface area contributed by atoms with Gasteiger partial charge in [-0.05, 0) is 58.5 Å². The van der Waals surface area contributed by atoms with Crippen molar-refractivity contribution in [2.75, 3.05) is 13.1 Å². The van der Waals surface area contributed by atoms with Gasteiger partial charge in [0.05, 0.1) is 0 Å². The predicted octanol–water partition coefficient (Wildman–Crippen LogP) is 2.39. The van der Waals surface area contributed by atoms with Crippen molar-refractivity contribution in [3.05, 3.63) is 0 Å². The van der Waals surface area contributed by atoms with Gasteiger partial charge in [0.15, 0.2) is 0 Å². The normalized spacial score (nSPS) is 38.4. The Morgan fingerprint density at radius 3 is 2.40 bits per heavy atom. The van der Waals surface area contributed by atoms with Crippen LogP contribution in [0, 0.1) is 0 Å². The third-order valence-corrected chi connectivity index (χ3v) is 4.26. The minimum atomic E-state index is 0.809. The fourth-order valence-corrected chi connectivity index (χ4v) is 3.40. The highest BCUT2D eigenvalue weighted by Crippen LogP contribution is 2.28. The minimum Gasteiger partial charge on any atom is -0.314 e. The summed E-state index contributed by atoms with van der Waals surface area (Å²) in [5.74, 6) is 0. The first-order chi connectivity index (χ1) is 7.31. The van der Waals surface area contributed by atoms with Crippen LogP contribution in [0.2, 0.25) is 0 Å². The summed E-state index contributed by atoms with van der Waals surface area (Å²) in [5.41, 5.74) is 0. The topological polar surface area (TPSA) is 15.3 Å². The van der Waals surface area contributed by atoms with Crippen molar-refractivity contribution in [1.29, 1.82) is 0 Å². The van der Waals surface area contributed by atoms with Crippen molar-refractivity contribution in [3.8, 4) is 0 Å². The Bertz CT molecular complexity index is 185. The van der Waals surface area contributed by atoms with Crippen molar-refractivity contribution < 1.29 is 0 Å². The maximum absolute atomic E-state index is 3.59. The molecule has 0 aromatic carbocycles. The Labute approximate surface area is 94.4 Å². The van der Waals surface area contributed by atoms with E-state index in [4.69, 9.17) is 0 Å². The second kappa shape index (κ2) is 5.31. The average Bonchev–Trinajstić information content (AvgIpc) is 2.66. The number of nitrogens with one attached hydrogen (secondary N) is 1. The summed E-state index contributed by atoms with van der Waals surface area (Å²) in [6, 6.07) is 2.56. The first-order valence-corrected chi connectivity index (χ1v) is 6.80. The van der Waals surface area contributed by atoms with Crippen LogP contribution < -0.4 is 5.32 Å². The van der Waals surface area contributed by atoms with Gasteiger partial charge < -0.3 is 5.32 Å². The quantitative estimate of drug-likeness (QED) is 0.769. The molecular formula is C13H26N2. The molecule has 2 aliphatic rings. The molecule has 15 heavy (non-hydrogen) atoms. The molecule has 0 aromatic rings. The Kier molecular flexibility index (Phi) is 4.04. The van der Waals surface area contributed by atoms with E-state index in [9.17, 15) is 0 Å². The fraction of sp³-hybridized carbons (Fsp3) is 1.00. The molecule has 88 valence electrons. The second-order valence-corrected chi connectivity index (χ2v) is 5.29. The molecule has 0 bridgehead atoms. The predicted molar refractivity (Wildman–Crippen MR) is 65.1 cm³/mol. The third kappa shape index (κ3) is 2.73. The fourth-order valence-electron chi connectivity index (χ4n) is 3.40. The summed E-state index contributed by atoms with van der Waals surface area (Å²) in [6.07, 6.45) is 8.47. The van der Waals surface area contributed by atoms with Crippen molar-refractivity contribution in [1.82, 2.24) is 10.2 Å².